The normalized spacial score (nSPS) is 11.6. The number of benzene rings is 9. The molecular weight excluding hydrogens is 607 g/mol. The Kier molecular flexibility index (Phi) is 6.53. The maximum absolute atomic E-state index is 6.48. The maximum atomic E-state index is 6.48. The second-order valence-electron chi connectivity index (χ2n) is 12.9. The lowest BCUT2D eigenvalue weighted by Gasteiger charge is -2.26. The van der Waals surface area contributed by atoms with Crippen molar-refractivity contribution in [3.05, 3.63) is 188 Å². The van der Waals surface area contributed by atoms with Gasteiger partial charge in [0.25, 0.3) is 0 Å². The van der Waals surface area contributed by atoms with Crippen molar-refractivity contribution in [3.63, 3.8) is 0 Å². The molecule has 10 aromatic rings. The van der Waals surface area contributed by atoms with Crippen molar-refractivity contribution < 1.29 is 4.42 Å². The molecule has 2 heteroatoms. The number of furan rings is 1. The Morgan fingerprint density at radius 3 is 1.64 bits per heavy atom. The van der Waals surface area contributed by atoms with Gasteiger partial charge in [-0.3, -0.25) is 0 Å². The minimum Gasteiger partial charge on any atom is -0.455 e. The summed E-state index contributed by atoms with van der Waals surface area (Å²) in [7, 11) is 0. The van der Waals surface area contributed by atoms with Gasteiger partial charge < -0.3 is 9.32 Å². The van der Waals surface area contributed by atoms with Crippen LogP contribution in [0, 0.1) is 0 Å². The molecule has 0 saturated heterocycles. The summed E-state index contributed by atoms with van der Waals surface area (Å²) < 4.78 is 6.48. The molecule has 0 amide bonds. The average Bonchev–Trinajstić information content (AvgIpc) is 3.57. The first-order valence-corrected chi connectivity index (χ1v) is 17.1. The Morgan fingerprint density at radius 1 is 0.320 bits per heavy atom. The van der Waals surface area contributed by atoms with E-state index in [-0.39, 0.29) is 0 Å². The van der Waals surface area contributed by atoms with Crippen molar-refractivity contribution in [1.82, 2.24) is 0 Å². The lowest BCUT2D eigenvalue weighted by molar-refractivity contribution is 0.673. The maximum Gasteiger partial charge on any atom is 0.143 e. The van der Waals surface area contributed by atoms with E-state index in [0.717, 1.165) is 55.5 Å². The summed E-state index contributed by atoms with van der Waals surface area (Å²) in [5, 5.41) is 9.71. The second kappa shape index (κ2) is 11.5. The highest BCUT2D eigenvalue weighted by Gasteiger charge is 2.15. The van der Waals surface area contributed by atoms with Gasteiger partial charge in [-0.2, -0.15) is 0 Å². The molecule has 0 spiro atoms. The molecule has 2 nitrogen and oxygen atoms in total. The summed E-state index contributed by atoms with van der Waals surface area (Å²) in [6.45, 7) is 0. The molecule has 0 bridgehead atoms. The van der Waals surface area contributed by atoms with Crippen LogP contribution in [0.1, 0.15) is 0 Å². The SMILES string of the molecule is c1ccc(N(c2ccc(-c3ccc4c(c3)oc3c5ccccc5ccc43)cc2)c2ccc(-c3cc4ccccc4c4ccccc34)cc2)cc1. The summed E-state index contributed by atoms with van der Waals surface area (Å²) >= 11 is 0. The molecule has 0 radical (unpaired) electrons. The molecular formula is C48H31NO. The van der Waals surface area contributed by atoms with E-state index in [4.69, 9.17) is 4.42 Å². The van der Waals surface area contributed by atoms with Crippen molar-refractivity contribution in [2.75, 3.05) is 4.90 Å². The highest BCUT2D eigenvalue weighted by molar-refractivity contribution is 6.16. The minimum absolute atomic E-state index is 0.906. The summed E-state index contributed by atoms with van der Waals surface area (Å²) in [5.41, 5.74) is 9.89. The predicted octanol–water partition coefficient (Wildman–Crippen LogP) is 13.8. The lowest BCUT2D eigenvalue weighted by atomic mass is 9.93. The van der Waals surface area contributed by atoms with E-state index in [2.05, 4.69) is 193 Å². The van der Waals surface area contributed by atoms with E-state index < -0.39 is 0 Å². The van der Waals surface area contributed by atoms with Gasteiger partial charge in [-0.25, -0.2) is 0 Å². The number of hydrogen-bond acceptors (Lipinski definition) is 2. The third-order valence-electron chi connectivity index (χ3n) is 10.0. The standard InChI is InChI=1S/C48H31NO/c1-2-12-37(13-3-1)49(39-26-20-34(21-27-39)46-30-36-11-5-6-14-40(36)42-16-8-9-17-43(42)46)38-24-18-32(19-25-38)35-23-28-44-45-29-22-33-10-4-7-15-41(33)48(45)50-47(44)31-35/h1-31H. The van der Waals surface area contributed by atoms with Crippen LogP contribution in [-0.2, 0) is 0 Å². The number of para-hydroxylation sites is 1. The molecule has 9 aromatic carbocycles. The molecule has 0 fully saturated rings. The van der Waals surface area contributed by atoms with Crippen molar-refractivity contribution >= 4 is 71.3 Å². The van der Waals surface area contributed by atoms with Gasteiger partial charge in [0.2, 0.25) is 0 Å². The summed E-state index contributed by atoms with van der Waals surface area (Å²) in [5.74, 6) is 0. The van der Waals surface area contributed by atoms with E-state index >= 15 is 0 Å². The van der Waals surface area contributed by atoms with Crippen molar-refractivity contribution in [2.24, 2.45) is 0 Å². The zero-order valence-corrected chi connectivity index (χ0v) is 27.3. The van der Waals surface area contributed by atoms with Crippen LogP contribution in [0.5, 0.6) is 0 Å². The molecule has 0 saturated carbocycles. The van der Waals surface area contributed by atoms with Gasteiger partial charge >= 0.3 is 0 Å². The molecule has 0 N–H and O–H groups in total. The molecule has 0 aliphatic heterocycles. The third-order valence-corrected chi connectivity index (χ3v) is 10.0. The molecule has 234 valence electrons. The minimum atomic E-state index is 0.906. The number of hydrogen-bond donors (Lipinski definition) is 0. The smallest absolute Gasteiger partial charge is 0.143 e. The van der Waals surface area contributed by atoms with Gasteiger partial charge in [0.15, 0.2) is 0 Å². The zero-order chi connectivity index (χ0) is 33.0. The van der Waals surface area contributed by atoms with Crippen LogP contribution in [-0.4, -0.2) is 0 Å². The summed E-state index contributed by atoms with van der Waals surface area (Å²) in [6, 6.07) is 67.4. The van der Waals surface area contributed by atoms with Crippen LogP contribution in [0.4, 0.5) is 17.1 Å². The van der Waals surface area contributed by atoms with Crippen LogP contribution in [0.2, 0.25) is 0 Å². The number of rotatable bonds is 5. The van der Waals surface area contributed by atoms with Crippen LogP contribution in [0.3, 0.4) is 0 Å². The van der Waals surface area contributed by atoms with Crippen LogP contribution in [0.15, 0.2) is 192 Å². The van der Waals surface area contributed by atoms with Crippen molar-refractivity contribution in [3.8, 4) is 22.3 Å². The molecule has 0 aliphatic rings. The van der Waals surface area contributed by atoms with Crippen molar-refractivity contribution in [1.29, 1.82) is 0 Å². The predicted molar refractivity (Wildman–Crippen MR) is 212 cm³/mol. The van der Waals surface area contributed by atoms with Crippen molar-refractivity contribution in [2.45, 2.75) is 0 Å². The second-order valence-corrected chi connectivity index (χ2v) is 12.9. The molecule has 50 heavy (non-hydrogen) atoms. The Bertz CT molecular complexity index is 2850. The number of anilines is 3. The third kappa shape index (κ3) is 4.65. The van der Waals surface area contributed by atoms with Gasteiger partial charge in [-0.1, -0.05) is 127 Å². The first kappa shape index (κ1) is 28.4. The fourth-order valence-corrected chi connectivity index (χ4v) is 7.59. The van der Waals surface area contributed by atoms with E-state index in [0.29, 0.717) is 0 Å². The number of nitrogens with zero attached hydrogens (tertiary/aromatic N) is 1. The van der Waals surface area contributed by atoms with Crippen LogP contribution < -0.4 is 4.90 Å². The Balaban J connectivity index is 1.02. The van der Waals surface area contributed by atoms with Gasteiger partial charge in [0, 0.05) is 33.2 Å². The molecule has 0 unspecified atom stereocenters. The number of fused-ring (bicyclic) bond motifs is 8. The Morgan fingerprint density at radius 2 is 0.880 bits per heavy atom. The lowest BCUT2D eigenvalue weighted by Crippen LogP contribution is -2.09. The Labute approximate surface area is 290 Å². The summed E-state index contributed by atoms with van der Waals surface area (Å²) in [4.78, 5) is 2.32. The molecule has 0 atom stereocenters. The van der Waals surface area contributed by atoms with E-state index in [1.54, 1.807) is 0 Å². The molecule has 1 heterocycles. The van der Waals surface area contributed by atoms with E-state index in [1.165, 1.54) is 38.1 Å². The van der Waals surface area contributed by atoms with Crippen LogP contribution >= 0.6 is 0 Å². The average molecular weight is 638 g/mol. The highest BCUT2D eigenvalue weighted by atomic mass is 16.3. The summed E-state index contributed by atoms with van der Waals surface area (Å²) in [6.07, 6.45) is 0. The fourth-order valence-electron chi connectivity index (χ4n) is 7.59. The monoisotopic (exact) mass is 637 g/mol. The highest BCUT2D eigenvalue weighted by Crippen LogP contribution is 2.40. The fraction of sp³-hybridized carbons (Fsp3) is 0. The van der Waals surface area contributed by atoms with Gasteiger partial charge in [0.05, 0.1) is 0 Å². The quantitative estimate of drug-likeness (QED) is 0.175. The van der Waals surface area contributed by atoms with Gasteiger partial charge in [-0.15, -0.1) is 0 Å². The molecule has 0 aliphatic carbocycles. The molecule has 10 rings (SSSR count). The van der Waals surface area contributed by atoms with Gasteiger partial charge in [-0.05, 0) is 110 Å². The molecule has 1 aromatic heterocycles. The van der Waals surface area contributed by atoms with E-state index in [9.17, 15) is 0 Å². The first-order chi connectivity index (χ1) is 24.8. The van der Waals surface area contributed by atoms with E-state index in [1.807, 2.05) is 0 Å². The largest absolute Gasteiger partial charge is 0.455 e. The zero-order valence-electron chi connectivity index (χ0n) is 27.3. The Hall–Kier alpha value is -6.64. The van der Waals surface area contributed by atoms with Crippen LogP contribution in [0.25, 0.3) is 76.5 Å². The first-order valence-electron chi connectivity index (χ1n) is 17.1. The van der Waals surface area contributed by atoms with Gasteiger partial charge in [0.1, 0.15) is 11.2 Å². The topological polar surface area (TPSA) is 16.4 Å².